The fraction of sp³-hybridized carbons (Fsp3) is 0.286. The average Bonchev–Trinajstić information content (AvgIpc) is 2.69. The lowest BCUT2D eigenvalue weighted by atomic mass is 10.1. The molecule has 0 saturated carbocycles. The molecular formula is C21H23BrN4. The highest BCUT2D eigenvalue weighted by molar-refractivity contribution is 9.10. The van der Waals surface area contributed by atoms with Gasteiger partial charge in [0.25, 0.3) is 0 Å². The van der Waals surface area contributed by atoms with E-state index in [4.69, 9.17) is 0 Å². The third kappa shape index (κ3) is 3.69. The molecule has 0 radical (unpaired) electrons. The van der Waals surface area contributed by atoms with E-state index < -0.39 is 0 Å². The molecule has 0 spiro atoms. The van der Waals surface area contributed by atoms with Crippen LogP contribution in [0.1, 0.15) is 6.92 Å². The number of hydrogen-bond donors (Lipinski definition) is 1. The molecule has 1 N–H and O–H groups in total. The van der Waals surface area contributed by atoms with Crippen LogP contribution in [-0.2, 0) is 0 Å². The molecule has 1 aromatic heterocycles. The first-order chi connectivity index (χ1) is 12.7. The second-order valence-electron chi connectivity index (χ2n) is 6.61. The molecule has 1 aliphatic rings. The third-order valence-electron chi connectivity index (χ3n) is 5.04. The fourth-order valence-electron chi connectivity index (χ4n) is 3.46. The summed E-state index contributed by atoms with van der Waals surface area (Å²) in [6.07, 6.45) is 1.85. The van der Waals surface area contributed by atoms with Gasteiger partial charge in [0.1, 0.15) is 0 Å². The molecule has 4 rings (SSSR count). The first-order valence-corrected chi connectivity index (χ1v) is 9.91. The van der Waals surface area contributed by atoms with Crippen LogP contribution < -0.4 is 10.2 Å². The SMILES string of the molecule is CCN1CCN(c2ccc(Nc3ccnc4cc(Br)ccc34)cc2)CC1. The number of pyridine rings is 1. The minimum Gasteiger partial charge on any atom is -0.369 e. The predicted molar refractivity (Wildman–Crippen MR) is 113 cm³/mol. The number of nitrogens with one attached hydrogen (secondary N) is 1. The number of aromatic nitrogens is 1. The minimum atomic E-state index is 0.981. The van der Waals surface area contributed by atoms with Crippen molar-refractivity contribution in [1.82, 2.24) is 9.88 Å². The second-order valence-corrected chi connectivity index (χ2v) is 7.53. The monoisotopic (exact) mass is 410 g/mol. The Morgan fingerprint density at radius 2 is 1.77 bits per heavy atom. The lowest BCUT2D eigenvalue weighted by Gasteiger charge is -2.35. The molecule has 0 unspecified atom stereocenters. The summed E-state index contributed by atoms with van der Waals surface area (Å²) in [6.45, 7) is 7.88. The lowest BCUT2D eigenvalue weighted by Crippen LogP contribution is -2.46. The van der Waals surface area contributed by atoms with Crippen LogP contribution in [0.5, 0.6) is 0 Å². The maximum Gasteiger partial charge on any atom is 0.0734 e. The van der Waals surface area contributed by atoms with E-state index in [9.17, 15) is 0 Å². The van der Waals surface area contributed by atoms with E-state index in [0.717, 1.165) is 59.5 Å². The van der Waals surface area contributed by atoms with Gasteiger partial charge in [0.05, 0.1) is 5.52 Å². The quantitative estimate of drug-likeness (QED) is 0.663. The Hall–Kier alpha value is -2.11. The fourth-order valence-corrected chi connectivity index (χ4v) is 3.81. The zero-order valence-electron chi connectivity index (χ0n) is 15.0. The number of halogens is 1. The van der Waals surface area contributed by atoms with E-state index in [1.807, 2.05) is 24.4 Å². The summed E-state index contributed by atoms with van der Waals surface area (Å²) in [5.74, 6) is 0. The molecular weight excluding hydrogens is 388 g/mol. The van der Waals surface area contributed by atoms with E-state index in [2.05, 4.69) is 73.3 Å². The van der Waals surface area contributed by atoms with E-state index in [1.54, 1.807) is 0 Å². The zero-order chi connectivity index (χ0) is 17.9. The van der Waals surface area contributed by atoms with Crippen molar-refractivity contribution in [2.75, 3.05) is 42.9 Å². The molecule has 26 heavy (non-hydrogen) atoms. The molecule has 5 heteroatoms. The maximum atomic E-state index is 4.45. The predicted octanol–water partition coefficient (Wildman–Crippen LogP) is 4.88. The first-order valence-electron chi connectivity index (χ1n) is 9.11. The lowest BCUT2D eigenvalue weighted by molar-refractivity contribution is 0.271. The van der Waals surface area contributed by atoms with Gasteiger partial charge in [-0.1, -0.05) is 22.9 Å². The standard InChI is InChI=1S/C21H23BrN4/c1-2-25-11-13-26(14-12-25)18-6-4-17(5-7-18)24-20-9-10-23-21-15-16(22)3-8-19(20)21/h3-10,15H,2,11-14H2,1H3,(H,23,24). The molecule has 0 atom stereocenters. The molecule has 2 aromatic carbocycles. The van der Waals surface area contributed by atoms with Gasteiger partial charge in [-0.25, -0.2) is 0 Å². The summed E-state index contributed by atoms with van der Waals surface area (Å²) in [5, 5.41) is 4.65. The summed E-state index contributed by atoms with van der Waals surface area (Å²) in [7, 11) is 0. The summed E-state index contributed by atoms with van der Waals surface area (Å²) in [5.41, 5.74) is 4.45. The van der Waals surface area contributed by atoms with E-state index in [-0.39, 0.29) is 0 Å². The van der Waals surface area contributed by atoms with Crippen molar-refractivity contribution in [1.29, 1.82) is 0 Å². The highest BCUT2D eigenvalue weighted by atomic mass is 79.9. The number of anilines is 3. The van der Waals surface area contributed by atoms with Crippen molar-refractivity contribution >= 4 is 43.9 Å². The number of piperazine rings is 1. The van der Waals surface area contributed by atoms with Gasteiger partial charge in [-0.15, -0.1) is 0 Å². The summed E-state index contributed by atoms with van der Waals surface area (Å²) in [4.78, 5) is 9.42. The van der Waals surface area contributed by atoms with Gasteiger partial charge >= 0.3 is 0 Å². The first kappa shape index (κ1) is 17.3. The third-order valence-corrected chi connectivity index (χ3v) is 5.53. The molecule has 0 bridgehead atoms. The number of fused-ring (bicyclic) bond motifs is 1. The van der Waals surface area contributed by atoms with Gasteiger partial charge in [0, 0.05) is 59.3 Å². The number of likely N-dealkylation sites (N-methyl/N-ethyl adjacent to an activating group) is 1. The Morgan fingerprint density at radius 1 is 1.00 bits per heavy atom. The molecule has 2 heterocycles. The van der Waals surface area contributed by atoms with E-state index in [1.165, 1.54) is 5.69 Å². The number of hydrogen-bond acceptors (Lipinski definition) is 4. The molecule has 4 nitrogen and oxygen atoms in total. The molecule has 0 aliphatic carbocycles. The number of nitrogens with zero attached hydrogens (tertiary/aromatic N) is 3. The molecule has 1 aliphatic heterocycles. The summed E-state index contributed by atoms with van der Waals surface area (Å²) < 4.78 is 1.04. The summed E-state index contributed by atoms with van der Waals surface area (Å²) in [6, 6.07) is 16.9. The maximum absolute atomic E-state index is 4.45. The number of benzene rings is 2. The van der Waals surface area contributed by atoms with Crippen LogP contribution in [0.25, 0.3) is 10.9 Å². The largest absolute Gasteiger partial charge is 0.369 e. The van der Waals surface area contributed by atoms with Crippen LogP contribution in [0.2, 0.25) is 0 Å². The van der Waals surface area contributed by atoms with Gasteiger partial charge in [-0.2, -0.15) is 0 Å². The van der Waals surface area contributed by atoms with E-state index in [0.29, 0.717) is 0 Å². The highest BCUT2D eigenvalue weighted by Crippen LogP contribution is 2.28. The van der Waals surface area contributed by atoms with Crippen molar-refractivity contribution in [3.63, 3.8) is 0 Å². The molecule has 134 valence electrons. The van der Waals surface area contributed by atoms with Crippen LogP contribution >= 0.6 is 15.9 Å². The van der Waals surface area contributed by atoms with Gasteiger partial charge in [0.2, 0.25) is 0 Å². The highest BCUT2D eigenvalue weighted by Gasteiger charge is 2.15. The van der Waals surface area contributed by atoms with Crippen molar-refractivity contribution < 1.29 is 0 Å². The molecule has 1 fully saturated rings. The van der Waals surface area contributed by atoms with Crippen molar-refractivity contribution in [2.24, 2.45) is 0 Å². The zero-order valence-corrected chi connectivity index (χ0v) is 16.5. The Morgan fingerprint density at radius 3 is 2.50 bits per heavy atom. The Bertz CT molecular complexity index is 886. The van der Waals surface area contributed by atoms with Gasteiger partial charge < -0.3 is 15.1 Å². The van der Waals surface area contributed by atoms with Crippen LogP contribution in [0.3, 0.4) is 0 Å². The normalized spacial score (nSPS) is 15.4. The van der Waals surface area contributed by atoms with Crippen LogP contribution in [0.15, 0.2) is 59.2 Å². The minimum absolute atomic E-state index is 0.981. The topological polar surface area (TPSA) is 31.4 Å². The summed E-state index contributed by atoms with van der Waals surface area (Å²) >= 11 is 3.51. The molecule has 0 amide bonds. The van der Waals surface area contributed by atoms with E-state index >= 15 is 0 Å². The van der Waals surface area contributed by atoms with Crippen molar-refractivity contribution in [3.05, 3.63) is 59.2 Å². The van der Waals surface area contributed by atoms with Crippen LogP contribution in [0.4, 0.5) is 17.1 Å². The smallest absolute Gasteiger partial charge is 0.0734 e. The number of rotatable bonds is 4. The molecule has 3 aromatic rings. The Kier molecular flexibility index (Phi) is 5.09. The Labute approximate surface area is 163 Å². The average molecular weight is 411 g/mol. The van der Waals surface area contributed by atoms with Crippen LogP contribution in [-0.4, -0.2) is 42.6 Å². The Balaban J connectivity index is 1.50. The van der Waals surface area contributed by atoms with Crippen LogP contribution in [0, 0.1) is 0 Å². The van der Waals surface area contributed by atoms with Crippen molar-refractivity contribution in [3.8, 4) is 0 Å². The van der Waals surface area contributed by atoms with Gasteiger partial charge in [-0.3, -0.25) is 4.98 Å². The van der Waals surface area contributed by atoms with Gasteiger partial charge in [0.15, 0.2) is 0 Å². The molecule has 1 saturated heterocycles. The second kappa shape index (κ2) is 7.64. The van der Waals surface area contributed by atoms with Gasteiger partial charge in [-0.05, 0) is 55.1 Å². The van der Waals surface area contributed by atoms with Crippen molar-refractivity contribution in [2.45, 2.75) is 6.92 Å².